The molecule has 0 radical (unpaired) electrons. The summed E-state index contributed by atoms with van der Waals surface area (Å²) in [6.45, 7) is 8.43. The Bertz CT molecular complexity index is 357. The van der Waals surface area contributed by atoms with Crippen molar-refractivity contribution in [1.29, 1.82) is 0 Å². The zero-order chi connectivity index (χ0) is 11.8. The molecule has 0 N–H and O–H groups in total. The molecule has 1 saturated carbocycles. The van der Waals surface area contributed by atoms with Crippen LogP contribution in [0.25, 0.3) is 0 Å². The van der Waals surface area contributed by atoms with Crippen molar-refractivity contribution >= 4 is 11.7 Å². The first-order valence-corrected chi connectivity index (χ1v) is 5.96. The van der Waals surface area contributed by atoms with E-state index in [-0.39, 0.29) is 12.1 Å². The minimum absolute atomic E-state index is 0.0566. The van der Waals surface area contributed by atoms with Crippen molar-refractivity contribution in [2.75, 3.05) is 6.54 Å². The summed E-state index contributed by atoms with van der Waals surface area (Å²) in [4.78, 5) is 16.7. The fourth-order valence-corrected chi connectivity index (χ4v) is 2.67. The molecular weight excluding hydrogens is 202 g/mol. The fraction of sp³-hybridized carbons (Fsp3) is 0.692. The molecule has 0 aromatic carbocycles. The summed E-state index contributed by atoms with van der Waals surface area (Å²) in [6, 6.07) is 0. The Morgan fingerprint density at radius 3 is 3.00 bits per heavy atom. The van der Waals surface area contributed by atoms with E-state index in [0.717, 1.165) is 37.0 Å². The Hall–Kier alpha value is -1.12. The molecule has 88 valence electrons. The predicted octanol–water partition coefficient (Wildman–Crippen LogP) is 2.51. The predicted molar refractivity (Wildman–Crippen MR) is 63.6 cm³/mol. The number of fused-ring (bicyclic) bond motifs is 1. The molecule has 3 heteroatoms. The van der Waals surface area contributed by atoms with Gasteiger partial charge in [0.2, 0.25) is 0 Å². The highest BCUT2D eigenvalue weighted by Gasteiger charge is 2.49. The molecule has 1 atom stereocenters. The molecule has 16 heavy (non-hydrogen) atoms. The largest absolute Gasteiger partial charge is 0.462 e. The summed E-state index contributed by atoms with van der Waals surface area (Å²) < 4.78 is 5.38. The van der Waals surface area contributed by atoms with Gasteiger partial charge in [0.25, 0.3) is 0 Å². The maximum atomic E-state index is 12.2. The number of esters is 1. The monoisotopic (exact) mass is 221 g/mol. The summed E-state index contributed by atoms with van der Waals surface area (Å²) in [5, 5.41) is 0. The molecule has 0 aromatic heterocycles. The third-order valence-electron chi connectivity index (χ3n) is 3.35. The Kier molecular flexibility index (Phi) is 2.87. The van der Waals surface area contributed by atoms with Crippen molar-refractivity contribution in [3.63, 3.8) is 0 Å². The molecule has 0 bridgehead atoms. The van der Waals surface area contributed by atoms with E-state index < -0.39 is 5.41 Å². The third kappa shape index (κ3) is 1.79. The summed E-state index contributed by atoms with van der Waals surface area (Å²) in [5.74, 6) is -0.0976. The van der Waals surface area contributed by atoms with Crippen LogP contribution in [-0.4, -0.2) is 24.3 Å². The van der Waals surface area contributed by atoms with Crippen LogP contribution < -0.4 is 0 Å². The maximum Gasteiger partial charge on any atom is 0.318 e. The highest BCUT2D eigenvalue weighted by Crippen LogP contribution is 2.44. The first kappa shape index (κ1) is 11.4. The highest BCUT2D eigenvalue weighted by molar-refractivity contribution is 6.09. The molecule has 1 fully saturated rings. The van der Waals surface area contributed by atoms with Crippen molar-refractivity contribution in [2.24, 2.45) is 10.4 Å². The van der Waals surface area contributed by atoms with E-state index in [0.29, 0.717) is 6.54 Å². The average Bonchev–Trinajstić information content (AvgIpc) is 2.60. The van der Waals surface area contributed by atoms with Gasteiger partial charge in [0.1, 0.15) is 5.41 Å². The van der Waals surface area contributed by atoms with E-state index in [4.69, 9.17) is 4.74 Å². The van der Waals surface area contributed by atoms with Gasteiger partial charge in [0, 0.05) is 5.71 Å². The van der Waals surface area contributed by atoms with Crippen LogP contribution in [0.3, 0.4) is 0 Å². The number of carbonyl (C=O) groups is 1. The molecule has 0 amide bonds. The van der Waals surface area contributed by atoms with E-state index in [2.05, 4.69) is 11.6 Å². The standard InChI is InChI=1S/C13H19NO2/c1-9(2)16-12(15)13-6-4-5-11(13)14-8-10(3)7-13/h9H,3-8H2,1-2H3. The average molecular weight is 221 g/mol. The van der Waals surface area contributed by atoms with Gasteiger partial charge in [-0.1, -0.05) is 12.2 Å². The SMILES string of the molecule is C=C1CN=C2CCCC2(C(=O)OC(C)C)C1. The van der Waals surface area contributed by atoms with Crippen molar-refractivity contribution in [1.82, 2.24) is 0 Å². The zero-order valence-electron chi connectivity index (χ0n) is 10.1. The van der Waals surface area contributed by atoms with Gasteiger partial charge in [0.15, 0.2) is 0 Å². The molecule has 1 aliphatic carbocycles. The Labute approximate surface area is 96.6 Å². The first-order valence-electron chi connectivity index (χ1n) is 5.96. The van der Waals surface area contributed by atoms with Crippen molar-refractivity contribution < 1.29 is 9.53 Å². The lowest BCUT2D eigenvalue weighted by atomic mass is 9.77. The van der Waals surface area contributed by atoms with E-state index in [1.807, 2.05) is 13.8 Å². The number of aliphatic imine (C=N–C) groups is 1. The second-order valence-corrected chi connectivity index (χ2v) is 5.08. The van der Waals surface area contributed by atoms with Crippen LogP contribution in [0.15, 0.2) is 17.1 Å². The maximum absolute atomic E-state index is 12.2. The number of hydrogen-bond acceptors (Lipinski definition) is 3. The molecule has 0 spiro atoms. The van der Waals surface area contributed by atoms with Gasteiger partial charge in [-0.2, -0.15) is 0 Å². The number of rotatable bonds is 2. The Balaban J connectivity index is 2.27. The van der Waals surface area contributed by atoms with Crippen molar-refractivity contribution in [3.05, 3.63) is 12.2 Å². The molecular formula is C13H19NO2. The van der Waals surface area contributed by atoms with E-state index in [1.54, 1.807) is 0 Å². The fourth-order valence-electron chi connectivity index (χ4n) is 2.67. The molecule has 3 nitrogen and oxygen atoms in total. The molecule has 2 aliphatic rings. The normalized spacial score (nSPS) is 28.9. The van der Waals surface area contributed by atoms with Gasteiger partial charge in [-0.25, -0.2) is 0 Å². The van der Waals surface area contributed by atoms with E-state index in [1.165, 1.54) is 0 Å². The van der Waals surface area contributed by atoms with Crippen LogP contribution in [-0.2, 0) is 9.53 Å². The Morgan fingerprint density at radius 1 is 1.56 bits per heavy atom. The summed E-state index contributed by atoms with van der Waals surface area (Å²) in [6.07, 6.45) is 3.53. The van der Waals surface area contributed by atoms with Gasteiger partial charge in [0.05, 0.1) is 12.6 Å². The van der Waals surface area contributed by atoms with E-state index in [9.17, 15) is 4.79 Å². The van der Waals surface area contributed by atoms with Gasteiger partial charge >= 0.3 is 5.97 Å². The minimum atomic E-state index is -0.459. The van der Waals surface area contributed by atoms with E-state index >= 15 is 0 Å². The van der Waals surface area contributed by atoms with Crippen LogP contribution in [0.5, 0.6) is 0 Å². The third-order valence-corrected chi connectivity index (χ3v) is 3.35. The number of carbonyl (C=O) groups excluding carboxylic acids is 1. The quantitative estimate of drug-likeness (QED) is 0.531. The second-order valence-electron chi connectivity index (χ2n) is 5.08. The number of nitrogens with zero attached hydrogens (tertiary/aromatic N) is 1. The molecule has 0 saturated heterocycles. The highest BCUT2D eigenvalue weighted by atomic mass is 16.5. The molecule has 1 unspecified atom stereocenters. The molecule has 1 aliphatic heterocycles. The van der Waals surface area contributed by atoms with Crippen LogP contribution in [0.1, 0.15) is 39.5 Å². The van der Waals surface area contributed by atoms with Crippen LogP contribution in [0, 0.1) is 5.41 Å². The zero-order valence-corrected chi connectivity index (χ0v) is 10.1. The number of ether oxygens (including phenoxy) is 1. The van der Waals surface area contributed by atoms with Crippen molar-refractivity contribution in [3.8, 4) is 0 Å². The van der Waals surface area contributed by atoms with Gasteiger partial charge in [-0.05, 0) is 39.5 Å². The topological polar surface area (TPSA) is 38.7 Å². The van der Waals surface area contributed by atoms with Gasteiger partial charge < -0.3 is 4.74 Å². The lowest BCUT2D eigenvalue weighted by Crippen LogP contribution is -2.40. The minimum Gasteiger partial charge on any atom is -0.462 e. The smallest absolute Gasteiger partial charge is 0.318 e. The van der Waals surface area contributed by atoms with Gasteiger partial charge in [-0.15, -0.1) is 0 Å². The molecule has 0 aromatic rings. The second kappa shape index (κ2) is 4.04. The van der Waals surface area contributed by atoms with Crippen LogP contribution in [0.4, 0.5) is 0 Å². The molecule has 1 heterocycles. The van der Waals surface area contributed by atoms with Gasteiger partial charge in [-0.3, -0.25) is 9.79 Å². The number of hydrogen-bond donors (Lipinski definition) is 0. The summed E-state index contributed by atoms with van der Waals surface area (Å²) in [5.41, 5.74) is 1.64. The Morgan fingerprint density at radius 2 is 2.31 bits per heavy atom. The first-order chi connectivity index (χ1) is 7.54. The lowest BCUT2D eigenvalue weighted by Gasteiger charge is -2.32. The van der Waals surface area contributed by atoms with Crippen LogP contribution >= 0.6 is 0 Å². The summed E-state index contributed by atoms with van der Waals surface area (Å²) in [7, 11) is 0. The molecule has 2 rings (SSSR count). The lowest BCUT2D eigenvalue weighted by molar-refractivity contribution is -0.155. The summed E-state index contributed by atoms with van der Waals surface area (Å²) >= 11 is 0. The van der Waals surface area contributed by atoms with Crippen LogP contribution in [0.2, 0.25) is 0 Å². The van der Waals surface area contributed by atoms with Crippen molar-refractivity contribution in [2.45, 2.75) is 45.6 Å².